The molecular formula is C26H20F3N7O2. The summed E-state index contributed by atoms with van der Waals surface area (Å²) < 4.78 is 54.8. The maximum atomic E-state index is 13.5. The molecule has 0 saturated heterocycles. The van der Waals surface area contributed by atoms with Gasteiger partial charge in [0.2, 0.25) is 11.8 Å². The Morgan fingerprint density at radius 3 is 2.32 bits per heavy atom. The van der Waals surface area contributed by atoms with Crippen LogP contribution in [0, 0.1) is 11.5 Å². The monoisotopic (exact) mass is 519 g/mol. The third kappa shape index (κ3) is 4.03. The molecule has 0 radical (unpaired) electrons. The number of nitrogen functional groups attached to an aromatic ring is 1. The standard InChI is InChI=1S/C26H20F3N7O2/c1-35-22-12-32-21-5-4-14(15-7-20(26(27,28)29)24(31)33-11-15)6-19(21)23(22)36(25(35)34-13-30)16-8-17(37-2)10-18(9-16)38-3/h4-12H,1-3H3,(H2,31,33)/b34-25-. The number of imidazole rings is 1. The first kappa shape index (κ1) is 24.6. The predicted octanol–water partition coefficient (Wildman–Crippen LogP) is 4.58. The number of halogens is 3. The van der Waals surface area contributed by atoms with Gasteiger partial charge in [-0.3, -0.25) is 9.55 Å². The fourth-order valence-electron chi connectivity index (χ4n) is 4.38. The van der Waals surface area contributed by atoms with E-state index in [0.29, 0.717) is 50.3 Å². The Bertz CT molecular complexity index is 1810. The van der Waals surface area contributed by atoms with E-state index in [1.54, 1.807) is 58.8 Å². The van der Waals surface area contributed by atoms with E-state index in [4.69, 9.17) is 15.2 Å². The van der Waals surface area contributed by atoms with Gasteiger partial charge in [-0.1, -0.05) is 6.07 Å². The minimum absolute atomic E-state index is 0.234. The molecule has 0 aliphatic rings. The van der Waals surface area contributed by atoms with Crippen LogP contribution in [0.1, 0.15) is 5.56 Å². The van der Waals surface area contributed by atoms with Crippen molar-refractivity contribution >= 4 is 27.8 Å². The smallest absolute Gasteiger partial charge is 0.419 e. The first-order valence-electron chi connectivity index (χ1n) is 11.2. The van der Waals surface area contributed by atoms with Crippen LogP contribution >= 0.6 is 0 Å². The Kier molecular flexibility index (Phi) is 5.91. The van der Waals surface area contributed by atoms with E-state index in [1.807, 2.05) is 6.19 Å². The molecule has 5 rings (SSSR count). The molecule has 2 N–H and O–H groups in total. The van der Waals surface area contributed by atoms with Gasteiger partial charge < -0.3 is 19.8 Å². The van der Waals surface area contributed by atoms with Gasteiger partial charge in [0.25, 0.3) is 0 Å². The summed E-state index contributed by atoms with van der Waals surface area (Å²) in [6.45, 7) is 0. The Hall–Kier alpha value is -5.05. The number of nitriles is 1. The molecule has 0 aliphatic heterocycles. The maximum absolute atomic E-state index is 13.5. The Labute approximate surface area is 213 Å². The largest absolute Gasteiger partial charge is 0.497 e. The van der Waals surface area contributed by atoms with Gasteiger partial charge >= 0.3 is 6.18 Å². The van der Waals surface area contributed by atoms with Crippen LogP contribution in [0.25, 0.3) is 38.8 Å². The lowest BCUT2D eigenvalue weighted by molar-refractivity contribution is -0.137. The SMILES string of the molecule is COc1cc(OC)cc(-n2/c(=N\C#N)n(C)c3cnc4ccc(-c5cnc(N)c(C(F)(F)F)c5)cc4c32)c1. The molecule has 3 heterocycles. The summed E-state index contributed by atoms with van der Waals surface area (Å²) in [4.78, 5) is 12.3. The van der Waals surface area contributed by atoms with E-state index in [-0.39, 0.29) is 5.56 Å². The van der Waals surface area contributed by atoms with Gasteiger partial charge in [-0.25, -0.2) is 4.98 Å². The first-order valence-corrected chi connectivity index (χ1v) is 11.2. The summed E-state index contributed by atoms with van der Waals surface area (Å²) in [5.74, 6) is 0.429. The van der Waals surface area contributed by atoms with Gasteiger partial charge in [-0.15, -0.1) is 4.99 Å². The first-order chi connectivity index (χ1) is 18.2. The van der Waals surface area contributed by atoms with Gasteiger partial charge in [0.15, 0.2) is 0 Å². The normalized spacial score (nSPS) is 12.2. The summed E-state index contributed by atoms with van der Waals surface area (Å²) in [5, 5.41) is 10.1. The number of aryl methyl sites for hydroxylation is 1. The lowest BCUT2D eigenvalue weighted by Gasteiger charge is -2.13. The number of ether oxygens (including phenoxy) is 2. The molecule has 0 aliphatic carbocycles. The molecule has 0 atom stereocenters. The zero-order valence-corrected chi connectivity index (χ0v) is 20.4. The molecule has 0 amide bonds. The zero-order chi connectivity index (χ0) is 27.2. The van der Waals surface area contributed by atoms with Crippen LogP contribution in [0.15, 0.2) is 59.9 Å². The average molecular weight is 519 g/mol. The molecule has 0 unspecified atom stereocenters. The number of anilines is 1. The summed E-state index contributed by atoms with van der Waals surface area (Å²) in [6, 6.07) is 11.3. The third-order valence-corrected chi connectivity index (χ3v) is 6.21. The van der Waals surface area contributed by atoms with Gasteiger partial charge in [0, 0.05) is 42.4 Å². The molecule has 9 nitrogen and oxygen atoms in total. The van der Waals surface area contributed by atoms with Crippen LogP contribution < -0.4 is 20.8 Å². The summed E-state index contributed by atoms with van der Waals surface area (Å²) in [7, 11) is 4.78. The molecule has 0 bridgehead atoms. The molecule has 12 heteroatoms. The number of rotatable bonds is 4. The number of pyridine rings is 2. The molecule has 38 heavy (non-hydrogen) atoms. The summed E-state index contributed by atoms with van der Waals surface area (Å²) >= 11 is 0. The lowest BCUT2D eigenvalue weighted by atomic mass is 10.0. The second kappa shape index (κ2) is 9.11. The fourth-order valence-corrected chi connectivity index (χ4v) is 4.38. The van der Waals surface area contributed by atoms with Gasteiger partial charge in [0.1, 0.15) is 17.3 Å². The number of fused-ring (bicyclic) bond motifs is 3. The van der Waals surface area contributed by atoms with E-state index in [2.05, 4.69) is 15.0 Å². The van der Waals surface area contributed by atoms with Crippen LogP contribution in [0.5, 0.6) is 11.5 Å². The van der Waals surface area contributed by atoms with E-state index in [1.165, 1.54) is 20.4 Å². The van der Waals surface area contributed by atoms with Crippen LogP contribution in [0.4, 0.5) is 19.0 Å². The number of hydrogen-bond donors (Lipinski definition) is 1. The summed E-state index contributed by atoms with van der Waals surface area (Å²) in [6.07, 6.45) is 0.126. The third-order valence-electron chi connectivity index (χ3n) is 6.21. The molecule has 3 aromatic heterocycles. The zero-order valence-electron chi connectivity index (χ0n) is 20.4. The Balaban J connectivity index is 1.88. The van der Waals surface area contributed by atoms with Crippen LogP contribution in [0.2, 0.25) is 0 Å². The number of hydrogen-bond acceptors (Lipinski definition) is 7. The van der Waals surface area contributed by atoms with Crippen LogP contribution in [-0.4, -0.2) is 33.3 Å². The Morgan fingerprint density at radius 1 is 0.974 bits per heavy atom. The highest BCUT2D eigenvalue weighted by molar-refractivity contribution is 6.04. The van der Waals surface area contributed by atoms with E-state index >= 15 is 0 Å². The fraction of sp³-hybridized carbons (Fsp3) is 0.154. The lowest BCUT2D eigenvalue weighted by Crippen LogP contribution is -2.22. The highest BCUT2D eigenvalue weighted by Crippen LogP contribution is 2.36. The molecule has 0 saturated carbocycles. The number of nitrogens with zero attached hydrogens (tertiary/aromatic N) is 6. The molecule has 2 aromatic carbocycles. The van der Waals surface area contributed by atoms with E-state index in [0.717, 1.165) is 6.07 Å². The second-order valence-electron chi connectivity index (χ2n) is 8.36. The average Bonchev–Trinajstić information content (AvgIpc) is 3.19. The topological polar surface area (TPSA) is 116 Å². The maximum Gasteiger partial charge on any atom is 0.419 e. The quantitative estimate of drug-likeness (QED) is 0.348. The van der Waals surface area contributed by atoms with Crippen LogP contribution in [0.3, 0.4) is 0 Å². The number of benzene rings is 2. The number of alkyl halides is 3. The van der Waals surface area contributed by atoms with Crippen molar-refractivity contribution in [3.63, 3.8) is 0 Å². The highest BCUT2D eigenvalue weighted by Gasteiger charge is 2.34. The van der Waals surface area contributed by atoms with Crippen molar-refractivity contribution in [2.45, 2.75) is 6.18 Å². The van der Waals surface area contributed by atoms with E-state index < -0.39 is 17.6 Å². The molecule has 192 valence electrons. The minimum atomic E-state index is -4.65. The van der Waals surface area contributed by atoms with Gasteiger partial charge in [-0.2, -0.15) is 18.4 Å². The molecular weight excluding hydrogens is 499 g/mol. The van der Waals surface area contributed by atoms with Crippen molar-refractivity contribution in [2.75, 3.05) is 20.0 Å². The second-order valence-corrected chi connectivity index (χ2v) is 8.36. The van der Waals surface area contributed by atoms with Crippen molar-refractivity contribution in [1.29, 1.82) is 5.26 Å². The molecule has 0 spiro atoms. The predicted molar refractivity (Wildman–Crippen MR) is 134 cm³/mol. The summed E-state index contributed by atoms with van der Waals surface area (Å²) in [5.41, 5.74) is 7.92. The van der Waals surface area contributed by atoms with Crippen LogP contribution in [-0.2, 0) is 13.2 Å². The van der Waals surface area contributed by atoms with Crippen molar-refractivity contribution in [2.24, 2.45) is 12.0 Å². The molecule has 0 fully saturated rings. The van der Waals surface area contributed by atoms with Gasteiger partial charge in [0.05, 0.1) is 48.2 Å². The number of aromatic nitrogens is 4. The van der Waals surface area contributed by atoms with E-state index in [9.17, 15) is 18.4 Å². The number of methoxy groups -OCH3 is 2. The number of nitrogens with two attached hydrogens (primary N) is 1. The molecule has 5 aromatic rings. The van der Waals surface area contributed by atoms with Gasteiger partial charge in [-0.05, 0) is 23.8 Å². The van der Waals surface area contributed by atoms with Crippen molar-refractivity contribution in [1.82, 2.24) is 19.1 Å². The minimum Gasteiger partial charge on any atom is -0.497 e. The Morgan fingerprint density at radius 2 is 1.68 bits per heavy atom. The van der Waals surface area contributed by atoms with Crippen molar-refractivity contribution in [3.05, 3.63) is 66.0 Å². The van der Waals surface area contributed by atoms with Crippen molar-refractivity contribution < 1.29 is 22.6 Å². The van der Waals surface area contributed by atoms with Crippen molar-refractivity contribution in [3.8, 4) is 34.5 Å². The highest BCUT2D eigenvalue weighted by atomic mass is 19.4.